The van der Waals surface area contributed by atoms with Crippen LogP contribution in [0, 0.1) is 6.92 Å². The van der Waals surface area contributed by atoms with Crippen molar-refractivity contribution in [1.82, 2.24) is 15.0 Å². The first kappa shape index (κ1) is 22.4. The standard InChI is InChI=1S/C22H20N4O3S3/c1-3-29-21(28)18-14(2)25-22(32-18)26(11-15-7-5-4-6-8-15)17(27)12-31-20-16-9-10-30-19(16)23-13-24-20/h4-10,13H,3,11-12H2,1-2H3. The third-order valence-electron chi connectivity index (χ3n) is 4.52. The van der Waals surface area contributed by atoms with Crippen molar-refractivity contribution in [2.45, 2.75) is 25.4 Å². The van der Waals surface area contributed by atoms with Crippen LogP contribution in [0.3, 0.4) is 0 Å². The number of anilines is 1. The van der Waals surface area contributed by atoms with Gasteiger partial charge < -0.3 is 4.74 Å². The molecule has 0 saturated heterocycles. The summed E-state index contributed by atoms with van der Waals surface area (Å²) in [6, 6.07) is 11.7. The van der Waals surface area contributed by atoms with Gasteiger partial charge in [0.15, 0.2) is 5.13 Å². The Labute approximate surface area is 197 Å². The number of esters is 1. The molecule has 1 aromatic carbocycles. The molecule has 3 heterocycles. The summed E-state index contributed by atoms with van der Waals surface area (Å²) in [6.45, 7) is 4.15. The van der Waals surface area contributed by atoms with Crippen molar-refractivity contribution in [3.8, 4) is 0 Å². The highest BCUT2D eigenvalue weighted by Crippen LogP contribution is 2.31. The van der Waals surface area contributed by atoms with Crippen LogP contribution < -0.4 is 4.90 Å². The highest BCUT2D eigenvalue weighted by atomic mass is 32.2. The van der Waals surface area contributed by atoms with E-state index >= 15 is 0 Å². The van der Waals surface area contributed by atoms with Crippen molar-refractivity contribution in [3.63, 3.8) is 0 Å². The summed E-state index contributed by atoms with van der Waals surface area (Å²) in [5.74, 6) is -0.358. The molecule has 0 spiro atoms. The number of rotatable bonds is 8. The van der Waals surface area contributed by atoms with Crippen molar-refractivity contribution in [2.75, 3.05) is 17.3 Å². The SMILES string of the molecule is CCOC(=O)c1sc(N(Cc2ccccc2)C(=O)CSc2ncnc3sccc23)nc1C. The van der Waals surface area contributed by atoms with Gasteiger partial charge in [-0.2, -0.15) is 0 Å². The minimum absolute atomic E-state index is 0.120. The van der Waals surface area contributed by atoms with E-state index in [2.05, 4.69) is 15.0 Å². The molecular weight excluding hydrogens is 464 g/mol. The highest BCUT2D eigenvalue weighted by molar-refractivity contribution is 8.00. The maximum Gasteiger partial charge on any atom is 0.350 e. The molecule has 0 radical (unpaired) electrons. The predicted octanol–water partition coefficient (Wildman–Crippen LogP) is 4.96. The van der Waals surface area contributed by atoms with Gasteiger partial charge in [-0.15, -0.1) is 11.3 Å². The number of hydrogen-bond acceptors (Lipinski definition) is 9. The minimum Gasteiger partial charge on any atom is -0.462 e. The molecule has 4 rings (SSSR count). The predicted molar refractivity (Wildman–Crippen MR) is 129 cm³/mol. The molecule has 0 aliphatic rings. The van der Waals surface area contributed by atoms with Gasteiger partial charge in [-0.3, -0.25) is 9.69 Å². The number of thioether (sulfide) groups is 1. The molecule has 0 N–H and O–H groups in total. The molecule has 1 amide bonds. The third-order valence-corrected chi connectivity index (χ3v) is 7.49. The Balaban J connectivity index is 1.59. The van der Waals surface area contributed by atoms with E-state index in [4.69, 9.17) is 4.74 Å². The van der Waals surface area contributed by atoms with Gasteiger partial charge in [0.1, 0.15) is 21.1 Å². The highest BCUT2D eigenvalue weighted by Gasteiger charge is 2.24. The quantitative estimate of drug-likeness (QED) is 0.198. The van der Waals surface area contributed by atoms with Crippen LogP contribution in [0.2, 0.25) is 0 Å². The lowest BCUT2D eigenvalue weighted by Crippen LogP contribution is -2.31. The van der Waals surface area contributed by atoms with E-state index in [1.54, 1.807) is 18.7 Å². The normalized spacial score (nSPS) is 10.9. The van der Waals surface area contributed by atoms with Crippen LogP contribution >= 0.6 is 34.4 Å². The average Bonchev–Trinajstić information content (AvgIpc) is 3.43. The molecular formula is C22H20N4O3S3. The fraction of sp³-hybridized carbons (Fsp3) is 0.227. The second kappa shape index (κ2) is 10.2. The topological polar surface area (TPSA) is 85.3 Å². The molecule has 0 unspecified atom stereocenters. The van der Waals surface area contributed by atoms with Crippen molar-refractivity contribution in [3.05, 3.63) is 64.2 Å². The Hall–Kier alpha value is -2.82. The Morgan fingerprint density at radius 1 is 1.16 bits per heavy atom. The van der Waals surface area contributed by atoms with Gasteiger partial charge in [0.25, 0.3) is 0 Å². The summed E-state index contributed by atoms with van der Waals surface area (Å²) in [4.78, 5) is 41.6. The largest absolute Gasteiger partial charge is 0.462 e. The summed E-state index contributed by atoms with van der Waals surface area (Å²) < 4.78 is 5.13. The van der Waals surface area contributed by atoms with E-state index in [-0.39, 0.29) is 18.3 Å². The average molecular weight is 485 g/mol. The van der Waals surface area contributed by atoms with Crippen LogP contribution in [0.25, 0.3) is 10.2 Å². The Morgan fingerprint density at radius 2 is 1.97 bits per heavy atom. The number of ether oxygens (including phenoxy) is 1. The van der Waals surface area contributed by atoms with Gasteiger partial charge in [-0.1, -0.05) is 53.4 Å². The minimum atomic E-state index is -0.420. The monoisotopic (exact) mass is 484 g/mol. The Bertz CT molecular complexity index is 1240. The molecule has 0 atom stereocenters. The zero-order chi connectivity index (χ0) is 22.5. The van der Waals surface area contributed by atoms with E-state index in [0.29, 0.717) is 22.2 Å². The van der Waals surface area contributed by atoms with Crippen LogP contribution in [0.1, 0.15) is 27.9 Å². The number of amides is 1. The molecule has 0 aliphatic heterocycles. The van der Waals surface area contributed by atoms with Crippen molar-refractivity contribution < 1.29 is 14.3 Å². The fourth-order valence-corrected chi connectivity index (χ4v) is 5.64. The maximum absolute atomic E-state index is 13.3. The molecule has 0 aliphatic carbocycles. The van der Waals surface area contributed by atoms with Gasteiger partial charge in [-0.05, 0) is 30.9 Å². The summed E-state index contributed by atoms with van der Waals surface area (Å²) in [6.07, 6.45) is 1.52. The molecule has 32 heavy (non-hydrogen) atoms. The summed E-state index contributed by atoms with van der Waals surface area (Å²) in [5.41, 5.74) is 1.52. The molecule has 10 heteroatoms. The first-order valence-corrected chi connectivity index (χ1v) is 12.5. The Kier molecular flexibility index (Phi) is 7.13. The Morgan fingerprint density at radius 3 is 2.75 bits per heavy atom. The lowest BCUT2D eigenvalue weighted by Gasteiger charge is -2.20. The molecule has 0 bridgehead atoms. The van der Waals surface area contributed by atoms with Crippen molar-refractivity contribution in [2.24, 2.45) is 0 Å². The van der Waals surface area contributed by atoms with Crippen LogP contribution in [0.4, 0.5) is 5.13 Å². The second-order valence-corrected chi connectivity index (χ2v) is 9.54. The van der Waals surface area contributed by atoms with Crippen LogP contribution in [0.15, 0.2) is 53.1 Å². The first-order valence-electron chi connectivity index (χ1n) is 9.86. The van der Waals surface area contributed by atoms with Crippen molar-refractivity contribution >= 4 is 61.7 Å². The van der Waals surface area contributed by atoms with Crippen LogP contribution in [0.5, 0.6) is 0 Å². The number of carbonyl (C=O) groups is 2. The molecule has 7 nitrogen and oxygen atoms in total. The zero-order valence-electron chi connectivity index (χ0n) is 17.5. The van der Waals surface area contributed by atoms with Gasteiger partial charge in [0.2, 0.25) is 5.91 Å². The summed E-state index contributed by atoms with van der Waals surface area (Å²) >= 11 is 4.09. The third kappa shape index (κ3) is 4.98. The summed E-state index contributed by atoms with van der Waals surface area (Å²) in [5, 5.41) is 4.15. The van der Waals surface area contributed by atoms with Gasteiger partial charge in [0, 0.05) is 5.39 Å². The molecule has 4 aromatic rings. The van der Waals surface area contributed by atoms with Crippen LogP contribution in [-0.2, 0) is 16.1 Å². The van der Waals surface area contributed by atoms with Crippen LogP contribution in [-0.4, -0.2) is 39.2 Å². The van der Waals surface area contributed by atoms with E-state index in [9.17, 15) is 9.59 Å². The zero-order valence-corrected chi connectivity index (χ0v) is 19.9. The van der Waals surface area contributed by atoms with Gasteiger partial charge in [-0.25, -0.2) is 19.7 Å². The number of benzene rings is 1. The number of hydrogen-bond donors (Lipinski definition) is 0. The van der Waals surface area contributed by atoms with E-state index in [1.165, 1.54) is 40.8 Å². The second-order valence-electron chi connectivity index (χ2n) is 6.70. The van der Waals surface area contributed by atoms with E-state index in [0.717, 1.165) is 20.8 Å². The molecule has 3 aromatic heterocycles. The van der Waals surface area contributed by atoms with E-state index in [1.807, 2.05) is 41.8 Å². The van der Waals surface area contributed by atoms with E-state index < -0.39 is 5.97 Å². The van der Waals surface area contributed by atoms with Gasteiger partial charge >= 0.3 is 5.97 Å². The first-order chi connectivity index (χ1) is 15.6. The van der Waals surface area contributed by atoms with Crippen molar-refractivity contribution in [1.29, 1.82) is 0 Å². The smallest absolute Gasteiger partial charge is 0.350 e. The fourth-order valence-electron chi connectivity index (χ4n) is 3.00. The number of fused-ring (bicyclic) bond motifs is 1. The maximum atomic E-state index is 13.3. The number of thiazole rings is 1. The number of aryl methyl sites for hydroxylation is 1. The number of thiophene rings is 1. The summed E-state index contributed by atoms with van der Waals surface area (Å²) in [7, 11) is 0. The lowest BCUT2D eigenvalue weighted by atomic mass is 10.2. The molecule has 164 valence electrons. The lowest BCUT2D eigenvalue weighted by molar-refractivity contribution is -0.116. The molecule has 0 fully saturated rings. The number of aromatic nitrogens is 3. The van der Waals surface area contributed by atoms with Gasteiger partial charge in [0.05, 0.1) is 24.6 Å². The number of carbonyl (C=O) groups excluding carboxylic acids is 2. The molecule has 0 saturated carbocycles. The number of nitrogens with zero attached hydrogens (tertiary/aromatic N) is 4.